The Morgan fingerprint density at radius 3 is 2.57 bits per heavy atom. The Hall–Kier alpha value is -0.770. The zero-order valence-electron chi connectivity index (χ0n) is 7.50. The maximum atomic E-state index is 10.8. The maximum Gasteiger partial charge on any atom is 0.325 e. The summed E-state index contributed by atoms with van der Waals surface area (Å²) in [6.07, 6.45) is 0.279. The topological polar surface area (TPSA) is 125 Å². The lowest BCUT2D eigenvalue weighted by molar-refractivity contribution is -0.492. The molecular formula is C6H14N2O6. The van der Waals surface area contributed by atoms with Crippen molar-refractivity contribution < 1.29 is 29.9 Å². The van der Waals surface area contributed by atoms with Crippen molar-refractivity contribution in [3.05, 3.63) is 0 Å². The number of esters is 1. The van der Waals surface area contributed by atoms with E-state index < -0.39 is 24.0 Å². The van der Waals surface area contributed by atoms with Crippen molar-refractivity contribution in [3.63, 3.8) is 0 Å². The summed E-state index contributed by atoms with van der Waals surface area (Å²) in [5, 5.41) is 24.2. The van der Waals surface area contributed by atoms with E-state index in [9.17, 15) is 4.79 Å². The second kappa shape index (κ2) is 7.62. The molecule has 84 valence electrons. The molecule has 0 saturated heterocycles. The summed E-state index contributed by atoms with van der Waals surface area (Å²) < 4.78 is 4.59. The van der Waals surface area contributed by atoms with Crippen molar-refractivity contribution >= 4 is 5.97 Å². The Bertz CT molecular complexity index is 164. The lowest BCUT2D eigenvalue weighted by atomic mass is 10.3. The van der Waals surface area contributed by atoms with Crippen LogP contribution in [0, 0.1) is 0 Å². The summed E-state index contributed by atoms with van der Waals surface area (Å²) in [6.45, 7) is -0.467. The summed E-state index contributed by atoms with van der Waals surface area (Å²) in [5.74, 6) is -0.711. The molecule has 0 heterocycles. The van der Waals surface area contributed by atoms with Gasteiger partial charge < -0.3 is 15.6 Å². The fourth-order valence-electron chi connectivity index (χ4n) is 0.559. The van der Waals surface area contributed by atoms with Gasteiger partial charge in [-0.2, -0.15) is 0 Å². The van der Waals surface area contributed by atoms with Gasteiger partial charge >= 0.3 is 5.97 Å². The molecule has 0 saturated carbocycles. The Morgan fingerprint density at radius 1 is 1.43 bits per heavy atom. The first kappa shape index (κ1) is 13.2. The molecule has 14 heavy (non-hydrogen) atoms. The molecule has 0 aliphatic carbocycles. The van der Waals surface area contributed by atoms with Crippen molar-refractivity contribution in [2.75, 3.05) is 19.8 Å². The predicted octanol–water partition coefficient (Wildman–Crippen LogP) is -1.75. The molecule has 0 amide bonds. The number of aliphatic hydroxyl groups excluding tert-OH is 1. The highest BCUT2D eigenvalue weighted by Gasteiger charge is 2.12. The molecule has 1 atom stereocenters. The lowest BCUT2D eigenvalue weighted by Crippen LogP contribution is -2.35. The minimum absolute atomic E-state index is 0.0192. The molecule has 1 unspecified atom stereocenters. The van der Waals surface area contributed by atoms with Crippen LogP contribution in [-0.2, 0) is 14.4 Å². The van der Waals surface area contributed by atoms with E-state index in [4.69, 9.17) is 21.3 Å². The van der Waals surface area contributed by atoms with Crippen molar-refractivity contribution in [1.29, 1.82) is 0 Å². The van der Waals surface area contributed by atoms with Gasteiger partial charge in [0.05, 0.1) is 25.2 Å². The maximum absolute atomic E-state index is 10.8. The molecule has 0 aliphatic rings. The second-order valence-electron chi connectivity index (χ2n) is 2.40. The van der Waals surface area contributed by atoms with Gasteiger partial charge in [-0.25, -0.2) is 0 Å². The Kier molecular flexibility index (Phi) is 7.20. The molecule has 0 aromatic heterocycles. The van der Waals surface area contributed by atoms with E-state index in [1.165, 1.54) is 0 Å². The summed E-state index contributed by atoms with van der Waals surface area (Å²) in [4.78, 5) is 15.0. The number of carbonyl (C=O) groups excluding carboxylic acids is 1. The molecule has 0 bridgehead atoms. The van der Waals surface area contributed by atoms with Crippen LogP contribution in [0.3, 0.4) is 0 Å². The van der Waals surface area contributed by atoms with Crippen LogP contribution in [-0.4, -0.2) is 52.7 Å². The van der Waals surface area contributed by atoms with Gasteiger partial charge in [-0.15, -0.1) is 0 Å². The van der Waals surface area contributed by atoms with E-state index in [0.29, 0.717) is 0 Å². The van der Waals surface area contributed by atoms with Gasteiger partial charge in [-0.1, -0.05) is 0 Å². The molecule has 8 nitrogen and oxygen atoms in total. The molecule has 8 heteroatoms. The molecule has 0 spiro atoms. The minimum Gasteiger partial charge on any atom is -0.464 e. The van der Waals surface area contributed by atoms with Crippen LogP contribution < -0.4 is 5.73 Å². The molecular weight excluding hydrogens is 196 g/mol. The van der Waals surface area contributed by atoms with E-state index in [2.05, 4.69) is 9.57 Å². The summed E-state index contributed by atoms with van der Waals surface area (Å²) in [7, 11) is 0. The van der Waals surface area contributed by atoms with E-state index >= 15 is 0 Å². The molecule has 5 N–H and O–H groups in total. The number of aliphatic hydroxyl groups is 1. The largest absolute Gasteiger partial charge is 0.464 e. The number of nitrogens with two attached hydrogens (primary N) is 1. The summed E-state index contributed by atoms with van der Waals surface area (Å²) in [5.41, 5.74) is 5.14. The predicted molar refractivity (Wildman–Crippen MR) is 42.0 cm³/mol. The lowest BCUT2D eigenvalue weighted by Gasteiger charge is -2.09. The monoisotopic (exact) mass is 210 g/mol. The van der Waals surface area contributed by atoms with Gasteiger partial charge in [-0.05, 0) is 0 Å². The highest BCUT2D eigenvalue weighted by atomic mass is 17.1. The van der Waals surface area contributed by atoms with E-state index in [1.807, 2.05) is 0 Å². The van der Waals surface area contributed by atoms with Crippen LogP contribution in [0.1, 0.15) is 6.42 Å². The number of rotatable bonds is 7. The second-order valence-corrected chi connectivity index (χ2v) is 2.40. The van der Waals surface area contributed by atoms with Gasteiger partial charge in [0.1, 0.15) is 6.04 Å². The van der Waals surface area contributed by atoms with Crippen molar-refractivity contribution in [3.8, 4) is 0 Å². The molecule has 0 radical (unpaired) electrons. The Balaban J connectivity index is 3.32. The minimum atomic E-state index is -1.04. The van der Waals surface area contributed by atoms with Crippen molar-refractivity contribution in [1.82, 2.24) is 5.39 Å². The third-order valence-corrected chi connectivity index (χ3v) is 1.24. The Labute approximate surface area is 80.3 Å². The molecule has 0 aromatic rings. The first-order valence-electron chi connectivity index (χ1n) is 3.91. The first-order valence-corrected chi connectivity index (χ1v) is 3.91. The zero-order chi connectivity index (χ0) is 11.0. The standard InChI is InChI=1S/C6H14N2O6/c7-5(4-9)6(10)13-2-1-3-14-8(11)12/h5,9,11-12H,1-4,7H2. The summed E-state index contributed by atoms with van der Waals surface area (Å²) >= 11 is 0. The van der Waals surface area contributed by atoms with Gasteiger partial charge in [0.15, 0.2) is 0 Å². The average Bonchev–Trinajstić information content (AvgIpc) is 2.15. The number of ether oxygens (including phenoxy) is 1. The third-order valence-electron chi connectivity index (χ3n) is 1.24. The Morgan fingerprint density at radius 2 is 2.07 bits per heavy atom. The van der Waals surface area contributed by atoms with E-state index in [-0.39, 0.29) is 19.6 Å². The van der Waals surface area contributed by atoms with Crippen LogP contribution >= 0.6 is 0 Å². The van der Waals surface area contributed by atoms with Crippen LogP contribution in [0.2, 0.25) is 0 Å². The van der Waals surface area contributed by atoms with Crippen molar-refractivity contribution in [2.45, 2.75) is 12.5 Å². The number of hydrogen-bond donors (Lipinski definition) is 4. The van der Waals surface area contributed by atoms with Crippen LogP contribution in [0.15, 0.2) is 0 Å². The number of carbonyl (C=O) groups is 1. The highest BCUT2D eigenvalue weighted by molar-refractivity contribution is 5.75. The van der Waals surface area contributed by atoms with Crippen LogP contribution in [0.25, 0.3) is 0 Å². The third kappa shape index (κ3) is 6.71. The zero-order valence-corrected chi connectivity index (χ0v) is 7.50. The van der Waals surface area contributed by atoms with Gasteiger partial charge in [-0.3, -0.25) is 20.0 Å². The van der Waals surface area contributed by atoms with Gasteiger partial charge in [0, 0.05) is 6.42 Å². The smallest absolute Gasteiger partial charge is 0.325 e. The van der Waals surface area contributed by atoms with E-state index in [0.717, 1.165) is 0 Å². The number of hydrogen-bond acceptors (Lipinski definition) is 8. The first-order chi connectivity index (χ1) is 6.57. The fraction of sp³-hybridized carbons (Fsp3) is 0.833. The SMILES string of the molecule is NC(CO)C(=O)OCCCON(O)O. The van der Waals surface area contributed by atoms with Gasteiger partial charge in [0.2, 0.25) is 0 Å². The fourth-order valence-corrected chi connectivity index (χ4v) is 0.559. The molecule has 0 fully saturated rings. The normalized spacial score (nSPS) is 12.9. The van der Waals surface area contributed by atoms with Gasteiger partial charge in [0.25, 0.3) is 0 Å². The molecule has 0 rings (SSSR count). The molecule has 0 aromatic carbocycles. The van der Waals surface area contributed by atoms with Crippen molar-refractivity contribution in [2.24, 2.45) is 5.73 Å². The summed E-state index contributed by atoms with van der Waals surface area (Å²) in [6, 6.07) is -1.04. The average molecular weight is 210 g/mol. The highest BCUT2D eigenvalue weighted by Crippen LogP contribution is 1.89. The quantitative estimate of drug-likeness (QED) is 0.221. The van der Waals surface area contributed by atoms with E-state index in [1.54, 1.807) is 0 Å². The van der Waals surface area contributed by atoms with Crippen LogP contribution in [0.5, 0.6) is 0 Å². The number of nitrogens with zero attached hydrogens (tertiary/aromatic N) is 1. The van der Waals surface area contributed by atoms with Crippen LogP contribution in [0.4, 0.5) is 0 Å². The molecule has 0 aliphatic heterocycles.